The Bertz CT molecular complexity index is 346. The van der Waals surface area contributed by atoms with Crippen LogP contribution in [0.5, 0.6) is 5.75 Å². The highest BCUT2D eigenvalue weighted by Gasteiger charge is 2.07. The molecule has 0 spiro atoms. The zero-order valence-electron chi connectivity index (χ0n) is 8.38. The molecule has 0 aromatic heterocycles. The quantitative estimate of drug-likeness (QED) is 0.869. The van der Waals surface area contributed by atoms with Crippen LogP contribution in [-0.4, -0.2) is 12.1 Å². The number of carbonyl (C=O) groups is 1. The predicted octanol–water partition coefficient (Wildman–Crippen LogP) is 3.49. The van der Waals surface area contributed by atoms with E-state index in [1.165, 1.54) is 12.1 Å². The van der Waals surface area contributed by atoms with E-state index in [2.05, 4.69) is 5.32 Å². The van der Waals surface area contributed by atoms with Crippen molar-refractivity contribution in [3.63, 3.8) is 0 Å². The van der Waals surface area contributed by atoms with Crippen molar-refractivity contribution < 1.29 is 9.53 Å². The molecule has 0 aliphatic carbocycles. The summed E-state index contributed by atoms with van der Waals surface area (Å²) in [7, 11) is 0. The molecule has 0 fully saturated rings. The maximum absolute atomic E-state index is 11.2. The molecule has 0 aliphatic heterocycles. The Labute approximate surface area is 98.3 Å². The molecule has 0 atom stereocenters. The Kier molecular flexibility index (Phi) is 4.24. The summed E-state index contributed by atoms with van der Waals surface area (Å²) in [4.78, 5) is 11.2. The lowest BCUT2D eigenvalue weighted by Gasteiger charge is -2.09. The van der Waals surface area contributed by atoms with Crippen LogP contribution in [0.15, 0.2) is 18.2 Å². The van der Waals surface area contributed by atoms with E-state index in [0.717, 1.165) is 0 Å². The molecule has 82 valence electrons. The van der Waals surface area contributed by atoms with E-state index in [-0.39, 0.29) is 6.04 Å². The lowest BCUT2D eigenvalue weighted by Crippen LogP contribution is -2.32. The molecule has 0 radical (unpaired) electrons. The number of ether oxygens (including phenoxy) is 1. The van der Waals surface area contributed by atoms with Gasteiger partial charge in [-0.15, -0.1) is 0 Å². The Morgan fingerprint density at radius 3 is 2.27 bits per heavy atom. The molecule has 3 nitrogen and oxygen atoms in total. The first-order valence-electron chi connectivity index (χ1n) is 4.42. The van der Waals surface area contributed by atoms with Gasteiger partial charge in [0.05, 0.1) is 0 Å². The third kappa shape index (κ3) is 4.40. The Balaban J connectivity index is 2.68. The first-order valence-corrected chi connectivity index (χ1v) is 5.17. The molecule has 1 N–H and O–H groups in total. The number of hydrogen-bond donors (Lipinski definition) is 1. The molecule has 0 saturated carbocycles. The highest BCUT2D eigenvalue weighted by atomic mass is 35.5. The minimum Gasteiger partial charge on any atom is -0.410 e. The Hall–Kier alpha value is -0.930. The minimum atomic E-state index is -0.525. The summed E-state index contributed by atoms with van der Waals surface area (Å²) < 4.78 is 4.97. The molecule has 0 unspecified atom stereocenters. The van der Waals surface area contributed by atoms with E-state index < -0.39 is 6.09 Å². The average Bonchev–Trinajstić information content (AvgIpc) is 1.98. The van der Waals surface area contributed by atoms with Gasteiger partial charge in [-0.3, -0.25) is 0 Å². The van der Waals surface area contributed by atoms with E-state index in [9.17, 15) is 4.79 Å². The molecule has 5 heteroatoms. The number of benzene rings is 1. The SMILES string of the molecule is CC(C)NC(=O)Oc1cc(Cl)cc(Cl)c1. The highest BCUT2D eigenvalue weighted by Crippen LogP contribution is 2.24. The van der Waals surface area contributed by atoms with E-state index in [1.54, 1.807) is 6.07 Å². The fourth-order valence-corrected chi connectivity index (χ4v) is 1.47. The second-order valence-corrected chi connectivity index (χ2v) is 4.17. The van der Waals surface area contributed by atoms with Crippen molar-refractivity contribution in [1.29, 1.82) is 0 Å². The van der Waals surface area contributed by atoms with Crippen LogP contribution in [0.2, 0.25) is 10.0 Å². The number of amides is 1. The first-order chi connectivity index (χ1) is 6.97. The van der Waals surface area contributed by atoms with Crippen molar-refractivity contribution in [3.05, 3.63) is 28.2 Å². The zero-order valence-corrected chi connectivity index (χ0v) is 9.89. The van der Waals surface area contributed by atoms with Crippen molar-refractivity contribution in [2.45, 2.75) is 19.9 Å². The fraction of sp³-hybridized carbons (Fsp3) is 0.300. The maximum atomic E-state index is 11.2. The summed E-state index contributed by atoms with van der Waals surface area (Å²) in [5.74, 6) is 0.325. The van der Waals surface area contributed by atoms with Gasteiger partial charge in [-0.05, 0) is 32.0 Å². The van der Waals surface area contributed by atoms with Crippen molar-refractivity contribution in [3.8, 4) is 5.75 Å². The summed E-state index contributed by atoms with van der Waals surface area (Å²) in [6, 6.07) is 4.63. The van der Waals surface area contributed by atoms with Gasteiger partial charge in [0.15, 0.2) is 0 Å². The lowest BCUT2D eigenvalue weighted by molar-refractivity contribution is 0.198. The fourth-order valence-electron chi connectivity index (χ4n) is 0.960. The summed E-state index contributed by atoms with van der Waals surface area (Å²) >= 11 is 11.5. The van der Waals surface area contributed by atoms with Gasteiger partial charge in [0.2, 0.25) is 0 Å². The topological polar surface area (TPSA) is 38.3 Å². The van der Waals surface area contributed by atoms with Crippen LogP contribution in [0.3, 0.4) is 0 Å². The van der Waals surface area contributed by atoms with Gasteiger partial charge in [0.1, 0.15) is 5.75 Å². The van der Waals surface area contributed by atoms with Gasteiger partial charge in [-0.25, -0.2) is 4.79 Å². The Morgan fingerprint density at radius 1 is 1.27 bits per heavy atom. The Morgan fingerprint density at radius 2 is 1.80 bits per heavy atom. The average molecular weight is 248 g/mol. The first kappa shape index (κ1) is 12.1. The summed E-state index contributed by atoms with van der Waals surface area (Å²) in [6.07, 6.45) is -0.525. The highest BCUT2D eigenvalue weighted by molar-refractivity contribution is 6.34. The van der Waals surface area contributed by atoms with Gasteiger partial charge in [-0.1, -0.05) is 23.2 Å². The minimum absolute atomic E-state index is 0.0205. The largest absolute Gasteiger partial charge is 0.412 e. The molecule has 1 rings (SSSR count). The smallest absolute Gasteiger partial charge is 0.410 e. The van der Waals surface area contributed by atoms with Crippen molar-refractivity contribution in [2.75, 3.05) is 0 Å². The zero-order chi connectivity index (χ0) is 11.4. The van der Waals surface area contributed by atoms with Crippen LogP contribution in [-0.2, 0) is 0 Å². The van der Waals surface area contributed by atoms with Crippen molar-refractivity contribution in [1.82, 2.24) is 5.32 Å². The number of nitrogens with one attached hydrogen (secondary N) is 1. The van der Waals surface area contributed by atoms with E-state index in [1.807, 2.05) is 13.8 Å². The number of halogens is 2. The van der Waals surface area contributed by atoms with Crippen LogP contribution in [0, 0.1) is 0 Å². The van der Waals surface area contributed by atoms with E-state index >= 15 is 0 Å². The normalized spacial score (nSPS) is 10.2. The summed E-state index contributed by atoms with van der Waals surface area (Å²) in [6.45, 7) is 3.68. The van der Waals surface area contributed by atoms with Gasteiger partial charge in [0.25, 0.3) is 0 Å². The molecule has 1 aromatic rings. The number of carbonyl (C=O) groups excluding carboxylic acids is 1. The third-order valence-electron chi connectivity index (χ3n) is 1.45. The van der Waals surface area contributed by atoms with Crippen LogP contribution < -0.4 is 10.1 Å². The molecule has 0 heterocycles. The summed E-state index contributed by atoms with van der Waals surface area (Å²) in [5, 5.41) is 3.43. The summed E-state index contributed by atoms with van der Waals surface area (Å²) in [5.41, 5.74) is 0. The molecule has 0 aliphatic rings. The van der Waals surface area contributed by atoms with Crippen LogP contribution >= 0.6 is 23.2 Å². The van der Waals surface area contributed by atoms with Crippen LogP contribution in [0.4, 0.5) is 4.79 Å². The van der Waals surface area contributed by atoms with Gasteiger partial charge >= 0.3 is 6.09 Å². The number of hydrogen-bond acceptors (Lipinski definition) is 2. The monoisotopic (exact) mass is 247 g/mol. The number of rotatable bonds is 2. The standard InChI is InChI=1S/C10H11Cl2NO2/c1-6(2)13-10(14)15-9-4-7(11)3-8(12)5-9/h3-6H,1-2H3,(H,13,14). The van der Waals surface area contributed by atoms with Crippen molar-refractivity contribution in [2.24, 2.45) is 0 Å². The van der Waals surface area contributed by atoms with Gasteiger partial charge in [0, 0.05) is 16.1 Å². The second kappa shape index (κ2) is 5.24. The molecular formula is C10H11Cl2NO2. The van der Waals surface area contributed by atoms with Crippen LogP contribution in [0.25, 0.3) is 0 Å². The van der Waals surface area contributed by atoms with Gasteiger partial charge < -0.3 is 10.1 Å². The van der Waals surface area contributed by atoms with Crippen LogP contribution in [0.1, 0.15) is 13.8 Å². The molecular weight excluding hydrogens is 237 g/mol. The predicted molar refractivity (Wildman–Crippen MR) is 60.8 cm³/mol. The maximum Gasteiger partial charge on any atom is 0.412 e. The molecule has 1 aromatic carbocycles. The van der Waals surface area contributed by atoms with Gasteiger partial charge in [-0.2, -0.15) is 0 Å². The molecule has 0 bridgehead atoms. The van der Waals surface area contributed by atoms with Crippen molar-refractivity contribution >= 4 is 29.3 Å². The molecule has 15 heavy (non-hydrogen) atoms. The third-order valence-corrected chi connectivity index (χ3v) is 1.89. The van der Waals surface area contributed by atoms with E-state index in [4.69, 9.17) is 27.9 Å². The van der Waals surface area contributed by atoms with E-state index in [0.29, 0.717) is 15.8 Å². The molecule has 1 amide bonds. The molecule has 0 saturated heterocycles. The lowest BCUT2D eigenvalue weighted by atomic mass is 10.3. The second-order valence-electron chi connectivity index (χ2n) is 3.29.